The molecular weight excluding hydrogens is 374 g/mol. The lowest BCUT2D eigenvalue weighted by atomic mass is 10.0. The van der Waals surface area contributed by atoms with Crippen molar-refractivity contribution in [1.29, 1.82) is 0 Å². The van der Waals surface area contributed by atoms with Gasteiger partial charge in [0.05, 0.1) is 0 Å². The number of alkyl halides is 1. The molecule has 0 saturated carbocycles. The second-order valence-corrected chi connectivity index (χ2v) is 5.33. The second kappa shape index (κ2) is 6.13. The minimum absolute atomic E-state index is 0.672. The van der Waals surface area contributed by atoms with Gasteiger partial charge in [0.25, 0.3) is 0 Å². The summed E-state index contributed by atoms with van der Waals surface area (Å²) in [6.07, 6.45) is 3.06. The molecule has 0 unspecified atom stereocenters. The van der Waals surface area contributed by atoms with Gasteiger partial charge in [0.1, 0.15) is 0 Å². The van der Waals surface area contributed by atoms with E-state index in [2.05, 4.69) is 69.7 Å². The van der Waals surface area contributed by atoms with E-state index in [4.69, 9.17) is 11.6 Å². The highest BCUT2D eigenvalue weighted by Gasteiger charge is 2.04. The zero-order chi connectivity index (χ0) is 10.6. The van der Waals surface area contributed by atoms with Crippen molar-refractivity contribution in [3.63, 3.8) is 0 Å². The van der Waals surface area contributed by atoms with Gasteiger partial charge < -0.3 is 0 Å². The zero-order valence-corrected chi connectivity index (χ0v) is 12.4. The van der Waals surface area contributed by atoms with E-state index in [0.717, 1.165) is 10.9 Å². The maximum Gasteiger partial charge on any atom is 0.0264 e. The first-order valence-electron chi connectivity index (χ1n) is 4.35. The van der Waals surface area contributed by atoms with Crippen molar-refractivity contribution in [2.45, 2.75) is 13.3 Å². The van der Waals surface area contributed by atoms with Crippen LogP contribution in [-0.2, 0) is 0 Å². The molecule has 0 N–H and O–H groups in total. The van der Waals surface area contributed by atoms with Crippen LogP contribution >= 0.6 is 50.1 Å². The second-order valence-electron chi connectivity index (χ2n) is 2.88. The van der Waals surface area contributed by atoms with Crippen molar-refractivity contribution in [2.75, 3.05) is 5.88 Å². The highest BCUT2D eigenvalue weighted by molar-refractivity contribution is 14.1. The van der Waals surface area contributed by atoms with Gasteiger partial charge in [0.2, 0.25) is 0 Å². The molecule has 0 aliphatic heterocycles. The van der Waals surface area contributed by atoms with Gasteiger partial charge in [-0.2, -0.15) is 0 Å². The molecule has 0 spiro atoms. The summed E-state index contributed by atoms with van der Waals surface area (Å²) < 4.78 is 2.38. The van der Waals surface area contributed by atoms with Crippen LogP contribution < -0.4 is 0 Å². The number of hydrogen-bond donors (Lipinski definition) is 0. The molecule has 1 rings (SSSR count). The van der Waals surface area contributed by atoms with Gasteiger partial charge in [0.15, 0.2) is 0 Å². The van der Waals surface area contributed by atoms with Crippen LogP contribution in [0.2, 0.25) is 0 Å². The molecule has 0 heterocycles. The first-order valence-corrected chi connectivity index (χ1v) is 6.76. The van der Waals surface area contributed by atoms with Crippen LogP contribution in [0.1, 0.15) is 18.9 Å². The lowest BCUT2D eigenvalue weighted by molar-refractivity contribution is 1.24. The van der Waals surface area contributed by atoms with Gasteiger partial charge in [0, 0.05) is 13.9 Å². The molecule has 0 atom stereocenters. The molecule has 0 saturated heterocycles. The summed E-state index contributed by atoms with van der Waals surface area (Å²) in [7, 11) is 0. The van der Waals surface area contributed by atoms with Gasteiger partial charge in [-0.25, -0.2) is 0 Å². The average molecular weight is 385 g/mol. The van der Waals surface area contributed by atoms with Crippen LogP contribution in [-0.4, -0.2) is 5.88 Å². The summed E-state index contributed by atoms with van der Waals surface area (Å²) in [6.45, 7) is 2.06. The summed E-state index contributed by atoms with van der Waals surface area (Å²) in [5, 5.41) is 0. The van der Waals surface area contributed by atoms with E-state index in [-0.39, 0.29) is 0 Å². The monoisotopic (exact) mass is 384 g/mol. The molecule has 0 amide bonds. The molecule has 0 aliphatic carbocycles. The Morgan fingerprint density at radius 3 is 2.79 bits per heavy atom. The van der Waals surface area contributed by atoms with Crippen molar-refractivity contribution < 1.29 is 0 Å². The van der Waals surface area contributed by atoms with E-state index in [1.54, 1.807) is 0 Å². The molecule has 3 heteroatoms. The fraction of sp³-hybridized carbons (Fsp3) is 0.273. The van der Waals surface area contributed by atoms with Gasteiger partial charge in [-0.1, -0.05) is 28.1 Å². The Morgan fingerprint density at radius 2 is 2.29 bits per heavy atom. The van der Waals surface area contributed by atoms with Gasteiger partial charge in [-0.15, -0.1) is 11.6 Å². The summed E-state index contributed by atoms with van der Waals surface area (Å²) >= 11 is 11.6. The van der Waals surface area contributed by atoms with Gasteiger partial charge in [-0.3, -0.25) is 0 Å². The molecule has 0 aromatic heterocycles. The Morgan fingerprint density at radius 1 is 1.57 bits per heavy atom. The third-order valence-corrected chi connectivity index (χ3v) is 3.56. The van der Waals surface area contributed by atoms with Crippen LogP contribution in [0.25, 0.3) is 5.57 Å². The molecule has 14 heavy (non-hydrogen) atoms. The van der Waals surface area contributed by atoms with Crippen molar-refractivity contribution >= 4 is 55.7 Å². The predicted octanol–water partition coefficient (Wildman–Crippen LogP) is 5.09. The normalized spacial score (nSPS) is 11.9. The molecular formula is C11H11BrClI. The molecule has 0 radical (unpaired) electrons. The molecule has 0 nitrogen and oxygen atoms in total. The Bertz CT molecular complexity index is 347. The summed E-state index contributed by atoms with van der Waals surface area (Å²) in [4.78, 5) is 0. The summed E-state index contributed by atoms with van der Waals surface area (Å²) in [6, 6.07) is 6.32. The smallest absolute Gasteiger partial charge is 0.0264 e. The van der Waals surface area contributed by atoms with Crippen LogP contribution in [0.3, 0.4) is 0 Å². The molecule has 1 aromatic carbocycles. The molecule has 0 bridgehead atoms. The topological polar surface area (TPSA) is 0 Å². The highest BCUT2D eigenvalue weighted by atomic mass is 127. The van der Waals surface area contributed by atoms with Gasteiger partial charge >= 0.3 is 0 Å². The van der Waals surface area contributed by atoms with Crippen LogP contribution in [0.15, 0.2) is 28.7 Å². The Hall–Kier alpha value is 0.460. The third kappa shape index (κ3) is 3.24. The maximum atomic E-state index is 5.76. The largest absolute Gasteiger partial charge is 0.126 e. The minimum Gasteiger partial charge on any atom is -0.126 e. The Balaban J connectivity index is 3.05. The van der Waals surface area contributed by atoms with Crippen molar-refractivity contribution in [1.82, 2.24) is 0 Å². The van der Waals surface area contributed by atoms with Crippen molar-refractivity contribution in [3.8, 4) is 0 Å². The average Bonchev–Trinajstić information content (AvgIpc) is 2.15. The highest BCUT2D eigenvalue weighted by Crippen LogP contribution is 2.26. The third-order valence-electron chi connectivity index (χ3n) is 1.99. The maximum absolute atomic E-state index is 5.76. The number of hydrogen-bond acceptors (Lipinski definition) is 0. The Kier molecular flexibility index (Phi) is 5.49. The number of rotatable bonds is 3. The van der Waals surface area contributed by atoms with E-state index in [1.807, 2.05) is 0 Å². The predicted molar refractivity (Wildman–Crippen MR) is 75.8 cm³/mol. The fourth-order valence-corrected chi connectivity index (χ4v) is 3.14. The molecule has 1 aromatic rings. The van der Waals surface area contributed by atoms with E-state index in [9.17, 15) is 0 Å². The van der Waals surface area contributed by atoms with E-state index >= 15 is 0 Å². The van der Waals surface area contributed by atoms with E-state index in [1.165, 1.54) is 14.7 Å². The van der Waals surface area contributed by atoms with Gasteiger partial charge in [-0.05, 0) is 59.2 Å². The van der Waals surface area contributed by atoms with Crippen LogP contribution in [0, 0.1) is 3.57 Å². The van der Waals surface area contributed by atoms with E-state index in [0.29, 0.717) is 5.88 Å². The first kappa shape index (κ1) is 12.5. The van der Waals surface area contributed by atoms with Crippen LogP contribution in [0.4, 0.5) is 0 Å². The molecule has 0 fully saturated rings. The first-order chi connectivity index (χ1) is 6.69. The number of halogens is 3. The number of benzene rings is 1. The molecule has 0 aliphatic rings. The lowest BCUT2D eigenvalue weighted by Crippen LogP contribution is -1.89. The summed E-state index contributed by atoms with van der Waals surface area (Å²) in [5.41, 5.74) is 2.61. The summed E-state index contributed by atoms with van der Waals surface area (Å²) in [5.74, 6) is 0.672. The quantitative estimate of drug-likeness (QED) is 0.502. The van der Waals surface area contributed by atoms with Crippen LogP contribution in [0.5, 0.6) is 0 Å². The molecule has 76 valence electrons. The number of allylic oxidation sites excluding steroid dienone is 2. The standard InChI is InChI=1S/C11H11BrClI/c1-2-8(5-6-13)10-4-3-9(12)7-11(10)14/h2-4,7H,5-6H2,1H3. The van der Waals surface area contributed by atoms with Crippen molar-refractivity contribution in [3.05, 3.63) is 37.9 Å². The SMILES string of the molecule is CC=C(CCCl)c1ccc(Br)cc1I. The zero-order valence-electron chi connectivity index (χ0n) is 7.86. The van der Waals surface area contributed by atoms with E-state index < -0.39 is 0 Å². The van der Waals surface area contributed by atoms with Crippen molar-refractivity contribution in [2.24, 2.45) is 0 Å². The minimum atomic E-state index is 0.672. The fourth-order valence-electron chi connectivity index (χ4n) is 1.29. The Labute approximate surface area is 112 Å². The lowest BCUT2D eigenvalue weighted by Gasteiger charge is -2.08.